The molecule has 1 N–H and O–H groups in total. The SMILES string of the molecule is COCCNCc1cccc(F)c1Sc1ccccn1. The van der Waals surface area contributed by atoms with Gasteiger partial charge in [-0.1, -0.05) is 30.0 Å². The van der Waals surface area contributed by atoms with E-state index in [1.54, 1.807) is 19.4 Å². The van der Waals surface area contributed by atoms with Crippen LogP contribution in [0, 0.1) is 5.82 Å². The third-order valence-corrected chi connectivity index (χ3v) is 3.80. The fourth-order valence-electron chi connectivity index (χ4n) is 1.72. The lowest BCUT2D eigenvalue weighted by Gasteiger charge is -2.10. The van der Waals surface area contributed by atoms with Gasteiger partial charge in [0.2, 0.25) is 0 Å². The molecule has 1 heterocycles. The fourth-order valence-corrected chi connectivity index (χ4v) is 2.62. The maximum atomic E-state index is 14.0. The topological polar surface area (TPSA) is 34.1 Å². The molecule has 1 aromatic carbocycles. The van der Waals surface area contributed by atoms with E-state index in [0.717, 1.165) is 17.1 Å². The molecule has 0 aliphatic rings. The molecule has 0 saturated carbocycles. The predicted octanol–water partition coefficient (Wildman–Crippen LogP) is 3.11. The molecule has 0 spiro atoms. The zero-order valence-electron chi connectivity index (χ0n) is 11.3. The van der Waals surface area contributed by atoms with Gasteiger partial charge in [0.15, 0.2) is 0 Å². The zero-order chi connectivity index (χ0) is 14.2. The van der Waals surface area contributed by atoms with Gasteiger partial charge in [-0.15, -0.1) is 0 Å². The van der Waals surface area contributed by atoms with Crippen LogP contribution in [0.4, 0.5) is 4.39 Å². The molecule has 0 unspecified atom stereocenters. The van der Waals surface area contributed by atoms with Crippen LogP contribution in [0.25, 0.3) is 0 Å². The number of hydrogen-bond acceptors (Lipinski definition) is 4. The molecule has 0 aliphatic carbocycles. The van der Waals surface area contributed by atoms with Gasteiger partial charge >= 0.3 is 0 Å². The van der Waals surface area contributed by atoms with E-state index in [0.29, 0.717) is 18.0 Å². The Labute approximate surface area is 122 Å². The van der Waals surface area contributed by atoms with Crippen molar-refractivity contribution in [3.8, 4) is 0 Å². The fraction of sp³-hybridized carbons (Fsp3) is 0.267. The molecule has 2 aromatic rings. The number of hydrogen-bond donors (Lipinski definition) is 1. The summed E-state index contributed by atoms with van der Waals surface area (Å²) in [7, 11) is 1.66. The molecule has 3 nitrogen and oxygen atoms in total. The summed E-state index contributed by atoms with van der Waals surface area (Å²) in [4.78, 5) is 4.84. The number of methoxy groups -OCH3 is 1. The minimum absolute atomic E-state index is 0.216. The summed E-state index contributed by atoms with van der Waals surface area (Å²) in [6, 6.07) is 10.7. The molecule has 5 heteroatoms. The summed E-state index contributed by atoms with van der Waals surface area (Å²) < 4.78 is 19.0. The summed E-state index contributed by atoms with van der Waals surface area (Å²) in [6.07, 6.45) is 1.71. The molecular formula is C15H17FN2OS. The van der Waals surface area contributed by atoms with Gasteiger partial charge in [-0.2, -0.15) is 0 Å². The number of nitrogens with one attached hydrogen (secondary N) is 1. The average molecular weight is 292 g/mol. The standard InChI is InChI=1S/C15H17FN2OS/c1-19-10-9-17-11-12-5-4-6-13(16)15(12)20-14-7-2-3-8-18-14/h2-8,17H,9-11H2,1H3. The average Bonchev–Trinajstić information content (AvgIpc) is 2.48. The van der Waals surface area contributed by atoms with E-state index < -0.39 is 0 Å². The van der Waals surface area contributed by atoms with Crippen molar-refractivity contribution in [3.63, 3.8) is 0 Å². The van der Waals surface area contributed by atoms with Gasteiger partial charge in [-0.25, -0.2) is 9.37 Å². The Morgan fingerprint density at radius 1 is 1.25 bits per heavy atom. The highest BCUT2D eigenvalue weighted by molar-refractivity contribution is 7.99. The normalized spacial score (nSPS) is 10.7. The Balaban J connectivity index is 2.10. The zero-order valence-corrected chi connectivity index (χ0v) is 12.1. The molecule has 1 aromatic heterocycles. The van der Waals surface area contributed by atoms with Crippen LogP contribution in [-0.2, 0) is 11.3 Å². The van der Waals surface area contributed by atoms with E-state index in [1.807, 2.05) is 24.3 Å². The molecule has 0 radical (unpaired) electrons. The van der Waals surface area contributed by atoms with E-state index in [2.05, 4.69) is 10.3 Å². The van der Waals surface area contributed by atoms with Gasteiger partial charge < -0.3 is 10.1 Å². The monoisotopic (exact) mass is 292 g/mol. The highest BCUT2D eigenvalue weighted by Gasteiger charge is 2.10. The molecule has 20 heavy (non-hydrogen) atoms. The second-order valence-corrected chi connectivity index (χ2v) is 5.20. The van der Waals surface area contributed by atoms with Gasteiger partial charge in [0.25, 0.3) is 0 Å². The first kappa shape index (κ1) is 15.0. The van der Waals surface area contributed by atoms with Gasteiger partial charge in [0.05, 0.1) is 11.5 Å². The van der Waals surface area contributed by atoms with Crippen LogP contribution in [-0.4, -0.2) is 25.2 Å². The Kier molecular flexibility index (Phi) is 5.98. The van der Waals surface area contributed by atoms with Crippen molar-refractivity contribution in [1.29, 1.82) is 0 Å². The van der Waals surface area contributed by atoms with Crippen molar-refractivity contribution in [1.82, 2.24) is 10.3 Å². The molecule has 106 valence electrons. The molecule has 0 saturated heterocycles. The van der Waals surface area contributed by atoms with Crippen LogP contribution in [0.3, 0.4) is 0 Å². The number of benzene rings is 1. The smallest absolute Gasteiger partial charge is 0.137 e. The van der Waals surface area contributed by atoms with Crippen molar-refractivity contribution in [2.24, 2.45) is 0 Å². The van der Waals surface area contributed by atoms with Crippen LogP contribution in [0.15, 0.2) is 52.5 Å². The van der Waals surface area contributed by atoms with Crippen LogP contribution < -0.4 is 5.32 Å². The lowest BCUT2D eigenvalue weighted by molar-refractivity contribution is 0.199. The summed E-state index contributed by atoms with van der Waals surface area (Å²) in [5, 5.41) is 4.02. The van der Waals surface area contributed by atoms with Crippen LogP contribution >= 0.6 is 11.8 Å². The largest absolute Gasteiger partial charge is 0.383 e. The third kappa shape index (κ3) is 4.30. The number of pyridine rings is 1. The lowest BCUT2D eigenvalue weighted by atomic mass is 10.2. The van der Waals surface area contributed by atoms with Gasteiger partial charge in [-0.05, 0) is 23.8 Å². The molecule has 2 rings (SSSR count). The Morgan fingerprint density at radius 3 is 2.90 bits per heavy atom. The second kappa shape index (κ2) is 7.99. The number of nitrogens with zero attached hydrogens (tertiary/aromatic N) is 1. The van der Waals surface area contributed by atoms with Gasteiger partial charge in [-0.3, -0.25) is 0 Å². The van der Waals surface area contributed by atoms with Crippen molar-refractivity contribution in [3.05, 3.63) is 54.0 Å². The highest BCUT2D eigenvalue weighted by atomic mass is 32.2. The van der Waals surface area contributed by atoms with Gasteiger partial charge in [0.1, 0.15) is 10.8 Å². The summed E-state index contributed by atoms with van der Waals surface area (Å²) in [5.41, 5.74) is 0.928. The maximum Gasteiger partial charge on any atom is 0.137 e. The van der Waals surface area contributed by atoms with Gasteiger partial charge in [0, 0.05) is 26.4 Å². The molecule has 0 fully saturated rings. The first-order valence-electron chi connectivity index (χ1n) is 6.37. The lowest BCUT2D eigenvalue weighted by Crippen LogP contribution is -2.19. The predicted molar refractivity (Wildman–Crippen MR) is 78.3 cm³/mol. The van der Waals surface area contributed by atoms with E-state index >= 15 is 0 Å². The first-order valence-corrected chi connectivity index (χ1v) is 7.19. The number of aromatic nitrogens is 1. The van der Waals surface area contributed by atoms with Crippen LogP contribution in [0.2, 0.25) is 0 Å². The Hall–Kier alpha value is -1.43. The van der Waals surface area contributed by atoms with Crippen LogP contribution in [0.1, 0.15) is 5.56 Å². The molecule has 0 amide bonds. The van der Waals surface area contributed by atoms with Crippen LogP contribution in [0.5, 0.6) is 0 Å². The van der Waals surface area contributed by atoms with Crippen molar-refractivity contribution in [2.75, 3.05) is 20.3 Å². The van der Waals surface area contributed by atoms with E-state index in [9.17, 15) is 4.39 Å². The first-order chi connectivity index (χ1) is 9.81. The third-order valence-electron chi connectivity index (χ3n) is 2.69. The van der Waals surface area contributed by atoms with Crippen molar-refractivity contribution >= 4 is 11.8 Å². The van der Waals surface area contributed by atoms with E-state index in [4.69, 9.17) is 4.74 Å². The summed E-state index contributed by atoms with van der Waals surface area (Å²) in [6.45, 7) is 1.98. The number of ether oxygens (including phenoxy) is 1. The Morgan fingerprint density at radius 2 is 2.15 bits per heavy atom. The minimum Gasteiger partial charge on any atom is -0.383 e. The maximum absolute atomic E-state index is 14.0. The van der Waals surface area contributed by atoms with E-state index in [-0.39, 0.29) is 5.82 Å². The van der Waals surface area contributed by atoms with Crippen molar-refractivity contribution in [2.45, 2.75) is 16.5 Å². The van der Waals surface area contributed by atoms with E-state index in [1.165, 1.54) is 17.8 Å². The number of halogens is 1. The molecule has 0 bridgehead atoms. The molecular weight excluding hydrogens is 275 g/mol. The summed E-state index contributed by atoms with van der Waals surface area (Å²) >= 11 is 1.35. The Bertz CT molecular complexity index is 537. The quantitative estimate of drug-likeness (QED) is 0.795. The number of rotatable bonds is 7. The minimum atomic E-state index is -0.216. The highest BCUT2D eigenvalue weighted by Crippen LogP contribution is 2.31. The summed E-state index contributed by atoms with van der Waals surface area (Å²) in [5.74, 6) is -0.216. The van der Waals surface area contributed by atoms with Crippen molar-refractivity contribution < 1.29 is 9.13 Å². The molecule has 0 atom stereocenters. The second-order valence-electron chi connectivity index (χ2n) is 4.17. The molecule has 0 aliphatic heterocycles.